The van der Waals surface area contributed by atoms with E-state index in [4.69, 9.17) is 9.97 Å². The van der Waals surface area contributed by atoms with Gasteiger partial charge in [0.25, 0.3) is 5.91 Å². The molecule has 2 N–H and O–H groups in total. The summed E-state index contributed by atoms with van der Waals surface area (Å²) < 4.78 is 4.30. The van der Waals surface area contributed by atoms with E-state index in [2.05, 4.69) is 57.5 Å². The predicted octanol–water partition coefficient (Wildman–Crippen LogP) is 6.35. The van der Waals surface area contributed by atoms with Gasteiger partial charge in [-0.2, -0.15) is 5.10 Å². The Bertz CT molecular complexity index is 1640. The number of carbonyl (C=O) groups excluding carboxylic acids is 1. The van der Waals surface area contributed by atoms with Gasteiger partial charge in [0.1, 0.15) is 0 Å². The second kappa shape index (κ2) is 11.4. The number of aromatic nitrogens is 5. The molecular formula is C34H44N8O. The molecule has 1 amide bonds. The smallest absolute Gasteiger partial charge is 0.258 e. The Kier molecular flexibility index (Phi) is 7.45. The Labute approximate surface area is 254 Å². The van der Waals surface area contributed by atoms with Crippen molar-refractivity contribution in [2.24, 2.45) is 13.0 Å². The molecule has 1 aromatic carbocycles. The summed E-state index contributed by atoms with van der Waals surface area (Å²) in [7, 11) is 6.37. The standard InChI is InChI=1S/C34H44N8O/c1-21-17-23-18-28(36-21)27-20-35-41(4)31(27)8-6-5-7-30(22-9-10-22)42-32-16-13-25(19-29(32)38-34(42)39-33(23)43)37-24-11-14-26(15-12-24)40(2)3/h13,16-20,22,24,26,30,37H,5-12,14-15H2,1-4H3,(H,38,39,43). The monoisotopic (exact) mass is 580 g/mol. The second-order valence-corrected chi connectivity index (χ2v) is 13.2. The molecule has 0 saturated heterocycles. The molecule has 9 heteroatoms. The van der Waals surface area contributed by atoms with E-state index in [1.54, 1.807) is 0 Å². The van der Waals surface area contributed by atoms with Crippen molar-refractivity contribution >= 4 is 28.6 Å². The Balaban J connectivity index is 1.24. The number of aryl methyl sites for hydroxylation is 2. The number of hydrogen-bond acceptors (Lipinski definition) is 6. The zero-order chi connectivity index (χ0) is 29.7. The molecule has 1 aliphatic heterocycles. The third-order valence-electron chi connectivity index (χ3n) is 9.93. The molecule has 4 aromatic rings. The lowest BCUT2D eigenvalue weighted by Crippen LogP contribution is -2.36. The van der Waals surface area contributed by atoms with Crippen LogP contribution < -0.4 is 10.6 Å². The van der Waals surface area contributed by atoms with Gasteiger partial charge >= 0.3 is 0 Å². The van der Waals surface area contributed by atoms with Crippen LogP contribution in [0, 0.1) is 12.8 Å². The summed E-state index contributed by atoms with van der Waals surface area (Å²) in [6.45, 7) is 1.94. The number of nitrogens with one attached hydrogen (secondary N) is 2. The van der Waals surface area contributed by atoms with Crippen molar-refractivity contribution in [1.29, 1.82) is 0 Å². The first-order valence-corrected chi connectivity index (χ1v) is 16.1. The largest absolute Gasteiger partial charge is 0.382 e. The van der Waals surface area contributed by atoms with Crippen LogP contribution in [0.5, 0.6) is 0 Å². The molecule has 0 spiro atoms. The van der Waals surface area contributed by atoms with Gasteiger partial charge in [0.05, 0.1) is 22.9 Å². The summed E-state index contributed by atoms with van der Waals surface area (Å²) in [5.74, 6) is 1.11. The lowest BCUT2D eigenvalue weighted by molar-refractivity contribution is 0.102. The van der Waals surface area contributed by atoms with E-state index in [1.807, 2.05) is 37.0 Å². The van der Waals surface area contributed by atoms with Crippen LogP contribution in [-0.4, -0.2) is 61.3 Å². The van der Waals surface area contributed by atoms with E-state index < -0.39 is 0 Å². The van der Waals surface area contributed by atoms with Crippen molar-refractivity contribution in [3.63, 3.8) is 0 Å². The van der Waals surface area contributed by atoms with E-state index in [0.29, 0.717) is 35.6 Å². The van der Waals surface area contributed by atoms with Crippen LogP contribution >= 0.6 is 0 Å². The number of fused-ring (bicyclic) bond motifs is 7. The topological polar surface area (TPSA) is 92.9 Å². The summed E-state index contributed by atoms with van der Waals surface area (Å²) >= 11 is 0. The molecule has 0 radical (unpaired) electrons. The zero-order valence-corrected chi connectivity index (χ0v) is 25.9. The minimum Gasteiger partial charge on any atom is -0.382 e. The van der Waals surface area contributed by atoms with Crippen LogP contribution in [0.4, 0.5) is 11.6 Å². The SMILES string of the molecule is Cc1cc2cc(n1)-c1cnn(C)c1CCCCC(C1CC1)n1c(nc3cc(NC4CCC(N(C)C)CC4)ccc31)NC2=O. The number of anilines is 2. The number of carbonyl (C=O) groups is 1. The first-order chi connectivity index (χ1) is 20.8. The van der Waals surface area contributed by atoms with Crippen molar-refractivity contribution in [1.82, 2.24) is 29.2 Å². The van der Waals surface area contributed by atoms with Gasteiger partial charge in [0.2, 0.25) is 5.95 Å². The number of pyridine rings is 1. The molecule has 2 aliphatic carbocycles. The quantitative estimate of drug-likeness (QED) is 0.292. The highest BCUT2D eigenvalue weighted by molar-refractivity contribution is 6.05. The molecule has 3 aliphatic rings. The van der Waals surface area contributed by atoms with Crippen LogP contribution in [-0.2, 0) is 13.5 Å². The minimum atomic E-state index is -0.156. The van der Waals surface area contributed by atoms with Crippen LogP contribution in [0.25, 0.3) is 22.3 Å². The van der Waals surface area contributed by atoms with Crippen LogP contribution in [0.1, 0.15) is 85.6 Å². The second-order valence-electron chi connectivity index (χ2n) is 13.2. The normalized spacial score (nSPS) is 23.0. The van der Waals surface area contributed by atoms with Crippen molar-refractivity contribution < 1.29 is 4.79 Å². The van der Waals surface area contributed by atoms with E-state index >= 15 is 0 Å². The molecule has 2 fully saturated rings. The average molecular weight is 581 g/mol. The van der Waals surface area contributed by atoms with Gasteiger partial charge in [0.15, 0.2) is 0 Å². The fourth-order valence-corrected chi connectivity index (χ4v) is 7.37. The molecule has 2 saturated carbocycles. The first kappa shape index (κ1) is 28.1. The van der Waals surface area contributed by atoms with Gasteiger partial charge in [0, 0.05) is 53.4 Å². The number of benzene rings is 1. The molecule has 2 bridgehead atoms. The van der Waals surface area contributed by atoms with Crippen LogP contribution in [0.3, 0.4) is 0 Å². The van der Waals surface area contributed by atoms with Gasteiger partial charge < -0.3 is 14.8 Å². The highest BCUT2D eigenvalue weighted by Gasteiger charge is 2.35. The molecule has 1 unspecified atom stereocenters. The molecule has 43 heavy (non-hydrogen) atoms. The number of rotatable bonds is 4. The fourth-order valence-electron chi connectivity index (χ4n) is 7.37. The summed E-state index contributed by atoms with van der Waals surface area (Å²) in [4.78, 5) is 26.1. The summed E-state index contributed by atoms with van der Waals surface area (Å²) in [6, 6.07) is 11.8. The third kappa shape index (κ3) is 5.67. The maximum absolute atomic E-state index is 13.8. The molecule has 4 heterocycles. The van der Waals surface area contributed by atoms with Gasteiger partial charge in [-0.15, -0.1) is 0 Å². The summed E-state index contributed by atoms with van der Waals surface area (Å²) in [5.41, 5.74) is 7.52. The predicted molar refractivity (Wildman–Crippen MR) is 172 cm³/mol. The zero-order valence-electron chi connectivity index (χ0n) is 25.9. The third-order valence-corrected chi connectivity index (χ3v) is 9.93. The molecule has 9 nitrogen and oxygen atoms in total. The lowest BCUT2D eigenvalue weighted by atomic mass is 9.90. The minimum absolute atomic E-state index is 0.156. The summed E-state index contributed by atoms with van der Waals surface area (Å²) in [5, 5.41) is 11.6. The Hall–Kier alpha value is -3.72. The Morgan fingerprint density at radius 3 is 2.56 bits per heavy atom. The molecule has 7 rings (SSSR count). The highest BCUT2D eigenvalue weighted by atomic mass is 16.1. The van der Waals surface area contributed by atoms with E-state index in [-0.39, 0.29) is 5.91 Å². The van der Waals surface area contributed by atoms with Gasteiger partial charge in [-0.05, 0) is 115 Å². The molecule has 1 atom stereocenters. The van der Waals surface area contributed by atoms with E-state index in [1.165, 1.54) is 44.2 Å². The van der Waals surface area contributed by atoms with Gasteiger partial charge in [-0.3, -0.25) is 19.8 Å². The maximum Gasteiger partial charge on any atom is 0.258 e. The molecular weight excluding hydrogens is 536 g/mol. The van der Waals surface area contributed by atoms with Gasteiger partial charge in [-0.1, -0.05) is 6.42 Å². The van der Waals surface area contributed by atoms with Crippen molar-refractivity contribution in [2.45, 2.75) is 89.3 Å². The molecule has 226 valence electrons. The van der Waals surface area contributed by atoms with Crippen molar-refractivity contribution in [2.75, 3.05) is 24.7 Å². The van der Waals surface area contributed by atoms with E-state index in [9.17, 15) is 4.79 Å². The Morgan fingerprint density at radius 2 is 1.79 bits per heavy atom. The Morgan fingerprint density at radius 1 is 0.977 bits per heavy atom. The fraction of sp³-hybridized carbons (Fsp3) is 0.529. The lowest BCUT2D eigenvalue weighted by Gasteiger charge is -2.33. The maximum atomic E-state index is 13.8. The van der Waals surface area contributed by atoms with Crippen LogP contribution in [0.2, 0.25) is 0 Å². The van der Waals surface area contributed by atoms with Crippen molar-refractivity contribution in [3.8, 4) is 11.3 Å². The van der Waals surface area contributed by atoms with Crippen LogP contribution in [0.15, 0.2) is 36.5 Å². The first-order valence-electron chi connectivity index (χ1n) is 16.1. The van der Waals surface area contributed by atoms with Gasteiger partial charge in [-0.25, -0.2) is 4.98 Å². The summed E-state index contributed by atoms with van der Waals surface area (Å²) in [6.07, 6.45) is 13.3. The average Bonchev–Trinajstić information content (AvgIpc) is 3.68. The number of imidazole rings is 1. The van der Waals surface area contributed by atoms with Crippen molar-refractivity contribution in [3.05, 3.63) is 53.5 Å². The number of hydrogen-bond donors (Lipinski definition) is 2. The highest BCUT2D eigenvalue weighted by Crippen LogP contribution is 2.45. The van der Waals surface area contributed by atoms with E-state index in [0.717, 1.165) is 59.4 Å². The molecule has 3 aromatic heterocycles. The number of amides is 1. The number of nitrogens with zero attached hydrogens (tertiary/aromatic N) is 6.